The predicted octanol–water partition coefficient (Wildman–Crippen LogP) is 5.02. The van der Waals surface area contributed by atoms with Crippen LogP contribution in [0.4, 0.5) is 0 Å². The molecule has 17 nitrogen and oxygen atoms in total. The van der Waals surface area contributed by atoms with Gasteiger partial charge in [-0.15, -0.1) is 0 Å². The van der Waals surface area contributed by atoms with Crippen molar-refractivity contribution < 1.29 is 77.6 Å². The number of ketones is 3. The number of fused-ring (bicyclic) bond motifs is 3. The average Bonchev–Trinajstić information content (AvgIpc) is 3.35. The molecule has 0 spiro atoms. The molecule has 4 aliphatic rings. The maximum absolute atomic E-state index is 14.5. The monoisotopic (exact) mass is 1010 g/mol. The normalized spacial score (nSPS) is 38.7. The van der Waals surface area contributed by atoms with Gasteiger partial charge in [0, 0.05) is 65.6 Å². The van der Waals surface area contributed by atoms with E-state index in [9.17, 15) is 44.4 Å². The number of cyclic esters (lactones) is 1. The number of methoxy groups -OCH3 is 4. The first kappa shape index (κ1) is 60.3. The van der Waals surface area contributed by atoms with Gasteiger partial charge in [-0.25, -0.2) is 4.79 Å². The Kier molecular flexibility index (Phi) is 24.2. The fraction of sp³-hybridized carbons (Fsp3) is 0.796. The minimum Gasteiger partial charge on any atom is -0.460 e. The second-order valence-electron chi connectivity index (χ2n) is 21.0. The summed E-state index contributed by atoms with van der Waals surface area (Å²) in [6, 6.07) is -1.18. The van der Waals surface area contributed by atoms with Crippen LogP contribution in [-0.4, -0.2) is 170 Å². The van der Waals surface area contributed by atoms with Gasteiger partial charge in [0.2, 0.25) is 5.79 Å². The van der Waals surface area contributed by atoms with Gasteiger partial charge >= 0.3 is 5.97 Å². The van der Waals surface area contributed by atoms with Crippen molar-refractivity contribution in [1.82, 2.24) is 4.90 Å². The van der Waals surface area contributed by atoms with E-state index in [0.717, 1.165) is 6.42 Å². The molecule has 3 heterocycles. The van der Waals surface area contributed by atoms with E-state index < -0.39 is 90.0 Å². The summed E-state index contributed by atoms with van der Waals surface area (Å²) in [7, 11) is 6.02. The van der Waals surface area contributed by atoms with Gasteiger partial charge in [-0.2, -0.15) is 0 Å². The van der Waals surface area contributed by atoms with Crippen molar-refractivity contribution in [2.45, 2.75) is 192 Å². The Morgan fingerprint density at radius 1 is 0.817 bits per heavy atom. The van der Waals surface area contributed by atoms with Crippen molar-refractivity contribution in [3.8, 4) is 0 Å². The number of rotatable bonds is 10. The molecule has 71 heavy (non-hydrogen) atoms. The van der Waals surface area contributed by atoms with Crippen LogP contribution < -0.4 is 0 Å². The molecule has 404 valence electrons. The van der Waals surface area contributed by atoms with Crippen molar-refractivity contribution >= 4 is 29.2 Å². The van der Waals surface area contributed by atoms with Gasteiger partial charge in [0.1, 0.15) is 30.1 Å². The molecule has 17 atom stereocenters. The molecular formula is C54H87NO16. The van der Waals surface area contributed by atoms with Gasteiger partial charge in [-0.05, 0) is 107 Å². The minimum absolute atomic E-state index is 0.0567. The number of carbonyl (C=O) groups excluding carboxylic acids is 5. The quantitative estimate of drug-likeness (QED) is 0.128. The maximum Gasteiger partial charge on any atom is 0.329 e. The summed E-state index contributed by atoms with van der Waals surface area (Å²) in [6.07, 6.45) is 4.78. The zero-order chi connectivity index (χ0) is 52.7. The largest absolute Gasteiger partial charge is 0.460 e. The van der Waals surface area contributed by atoms with E-state index in [1.165, 1.54) is 26.2 Å². The van der Waals surface area contributed by atoms with Crippen molar-refractivity contribution in [1.29, 1.82) is 0 Å². The molecule has 0 aromatic heterocycles. The number of ether oxygens (including phenoxy) is 7. The van der Waals surface area contributed by atoms with Crippen molar-refractivity contribution in [3.05, 3.63) is 35.5 Å². The number of aliphatic hydroxyl groups excluding tert-OH is 3. The van der Waals surface area contributed by atoms with Gasteiger partial charge in [0.15, 0.2) is 5.78 Å². The van der Waals surface area contributed by atoms with Gasteiger partial charge in [0.05, 0.1) is 49.8 Å². The first-order valence-electron chi connectivity index (χ1n) is 25.9. The molecule has 4 N–H and O–H groups in total. The van der Waals surface area contributed by atoms with Crippen LogP contribution in [0.1, 0.15) is 126 Å². The first-order chi connectivity index (χ1) is 33.6. The highest BCUT2D eigenvalue weighted by molar-refractivity contribution is 6.39. The zero-order valence-electron chi connectivity index (χ0n) is 44.3. The zero-order valence-corrected chi connectivity index (χ0v) is 44.3. The van der Waals surface area contributed by atoms with Crippen LogP contribution in [0.15, 0.2) is 35.5 Å². The van der Waals surface area contributed by atoms with Crippen LogP contribution in [0.3, 0.4) is 0 Å². The lowest BCUT2D eigenvalue weighted by atomic mass is 9.78. The number of carbonyl (C=O) groups is 5. The molecule has 1 aliphatic carbocycles. The first-order valence-corrected chi connectivity index (χ1v) is 25.9. The number of hydrogen-bond acceptors (Lipinski definition) is 16. The van der Waals surface area contributed by atoms with Gasteiger partial charge in [-0.1, -0.05) is 58.9 Å². The summed E-state index contributed by atoms with van der Waals surface area (Å²) in [4.78, 5) is 72.5. The summed E-state index contributed by atoms with van der Waals surface area (Å²) in [5.41, 5.74) is 1.00. The Hall–Kier alpha value is -3.23. The highest BCUT2D eigenvalue weighted by Crippen LogP contribution is 2.38. The molecule has 0 aromatic carbocycles. The van der Waals surface area contributed by atoms with E-state index in [2.05, 4.69) is 0 Å². The third-order valence-electron chi connectivity index (χ3n) is 15.6. The summed E-state index contributed by atoms with van der Waals surface area (Å²) in [5.74, 6) is -8.69. The number of nitrogens with zero attached hydrogens (tertiary/aromatic N) is 1. The Morgan fingerprint density at radius 2 is 1.54 bits per heavy atom. The molecule has 0 radical (unpaired) electrons. The number of allylic oxidation sites excluding steroid dienone is 1. The Bertz CT molecular complexity index is 1850. The lowest BCUT2D eigenvalue weighted by molar-refractivity contribution is -0.265. The molecule has 3 aliphatic heterocycles. The van der Waals surface area contributed by atoms with E-state index in [-0.39, 0.29) is 80.5 Å². The predicted molar refractivity (Wildman–Crippen MR) is 264 cm³/mol. The molecule has 4 rings (SSSR count). The van der Waals surface area contributed by atoms with Gasteiger partial charge in [-0.3, -0.25) is 19.2 Å². The Balaban J connectivity index is 1.72. The van der Waals surface area contributed by atoms with Crippen molar-refractivity contribution in [2.75, 3.05) is 48.2 Å². The molecule has 1 amide bonds. The highest BCUT2D eigenvalue weighted by Gasteiger charge is 2.53. The number of piperidine rings is 1. The van der Waals surface area contributed by atoms with Crippen LogP contribution in [0, 0.1) is 35.5 Å². The number of hydrogen-bond donors (Lipinski definition) is 4. The number of aliphatic hydroxyl groups is 4. The van der Waals surface area contributed by atoms with Crippen molar-refractivity contribution in [3.63, 3.8) is 0 Å². The SMILES string of the molecule is COC1C=CC(O)C=C(C)[C@@H](OC)C[C@@H]2CC[C@@H](C)[C@@](O)(O2)C(=O)C(=O)N2CCCCC2C(=O)OC([C@H](C)CC2CC[C@@H](OCCO)[C@H](OC)C2)CC(=O)[C@H](C)/C=C(\C)[C@@H](O)[C@@H](OC)C(=O)[C@H](C)C[C@@H]1C. The fourth-order valence-electron chi connectivity index (χ4n) is 11.1. The second kappa shape index (κ2) is 28.4. The Morgan fingerprint density at radius 3 is 2.18 bits per heavy atom. The van der Waals surface area contributed by atoms with Crippen LogP contribution in [0.25, 0.3) is 0 Å². The number of amides is 1. The third-order valence-corrected chi connectivity index (χ3v) is 15.6. The van der Waals surface area contributed by atoms with Crippen LogP contribution in [0.2, 0.25) is 0 Å². The lowest BCUT2D eigenvalue weighted by Crippen LogP contribution is -2.61. The minimum atomic E-state index is -2.50. The maximum atomic E-state index is 14.5. The van der Waals surface area contributed by atoms with E-state index in [4.69, 9.17) is 33.2 Å². The molecule has 0 aromatic rings. The molecule has 2 bridgehead atoms. The van der Waals surface area contributed by atoms with E-state index >= 15 is 0 Å². The van der Waals surface area contributed by atoms with Crippen molar-refractivity contribution in [2.24, 2.45) is 35.5 Å². The molecule has 3 fully saturated rings. The van der Waals surface area contributed by atoms with E-state index in [1.807, 2.05) is 13.8 Å². The van der Waals surface area contributed by atoms with Crippen LogP contribution in [-0.2, 0) is 57.1 Å². The summed E-state index contributed by atoms with van der Waals surface area (Å²) in [5, 5.41) is 44.0. The summed E-state index contributed by atoms with van der Waals surface area (Å²) >= 11 is 0. The van der Waals surface area contributed by atoms with Gasteiger partial charge < -0.3 is 58.5 Å². The summed E-state index contributed by atoms with van der Waals surface area (Å²) < 4.78 is 41.3. The molecule has 2 saturated heterocycles. The van der Waals surface area contributed by atoms with E-state index in [0.29, 0.717) is 62.5 Å². The van der Waals surface area contributed by atoms with E-state index in [1.54, 1.807) is 66.0 Å². The smallest absolute Gasteiger partial charge is 0.329 e. The summed E-state index contributed by atoms with van der Waals surface area (Å²) in [6.45, 7) is 12.5. The standard InChI is InChI=1S/C54H87NO16/c1-31-24-35(5)48(59)50(68-11)49(60)36(6)25-32(2)43(65-8)20-17-39(57)27-34(4)45(66-9)29-40-18-15-37(7)54(64,71-40)51(61)52(62)55-21-13-12-14-41(55)53(63)70-46(30-42(31)58)33(3)26-38-16-19-44(69-23-22-56)47(28-38)67-10/h17,20,24,27,31-33,36-41,43-48,50,56-57,59,64H,12-16,18-19,21-23,25-26,28-30H2,1-11H3/b20-17?,34-27?,35-24+/t31-,32+,33-,36-,37-,38?,39?,40+,41?,43?,44-,45+,46?,47-,48-,50-,54-/m1/s1. The fourth-order valence-corrected chi connectivity index (χ4v) is 11.1. The molecule has 5 unspecified atom stereocenters. The van der Waals surface area contributed by atoms with Crippen LogP contribution >= 0.6 is 0 Å². The molecule has 1 saturated carbocycles. The second-order valence-corrected chi connectivity index (χ2v) is 21.0. The number of Topliss-reactive ketones (excluding diaryl/α,β-unsaturated/α-hetero) is 3. The third kappa shape index (κ3) is 16.1. The molecule has 17 heteroatoms. The van der Waals surface area contributed by atoms with Gasteiger partial charge in [0.25, 0.3) is 11.7 Å². The van der Waals surface area contributed by atoms with Crippen LogP contribution in [0.5, 0.6) is 0 Å². The topological polar surface area (TPSA) is 234 Å². The Labute approximate surface area is 422 Å². The highest BCUT2D eigenvalue weighted by atomic mass is 16.6. The lowest BCUT2D eigenvalue weighted by Gasteiger charge is -2.42. The number of esters is 1. The average molecular weight is 1010 g/mol. The molecular weight excluding hydrogens is 919 g/mol.